The van der Waals surface area contributed by atoms with Crippen LogP contribution in [0.1, 0.15) is 12.8 Å². The second kappa shape index (κ2) is 6.42. The molecule has 5 nitrogen and oxygen atoms in total. The summed E-state index contributed by atoms with van der Waals surface area (Å²) in [4.78, 5) is 16.2. The van der Waals surface area contributed by atoms with E-state index in [-0.39, 0.29) is 6.10 Å². The molecule has 134 valence electrons. The van der Waals surface area contributed by atoms with Gasteiger partial charge in [-0.05, 0) is 53.0 Å². The number of nitrogens with one attached hydrogen (secondary N) is 1. The van der Waals surface area contributed by atoms with Gasteiger partial charge in [0, 0.05) is 24.0 Å². The lowest BCUT2D eigenvalue weighted by atomic mass is 10.1. The molecule has 4 aromatic heterocycles. The number of rotatable bonds is 4. The van der Waals surface area contributed by atoms with Crippen LogP contribution in [0.4, 0.5) is 4.39 Å². The van der Waals surface area contributed by atoms with E-state index in [9.17, 15) is 4.39 Å². The molecule has 0 radical (unpaired) electrons. The van der Waals surface area contributed by atoms with Crippen molar-refractivity contribution in [3.8, 4) is 28.3 Å². The standard InChI is InChI=1S/C20H14BrFN4O/c21-15-9-11(6-8-24-15)18-17(13-3-1-2-7-23-13)20-19(26-18)14(10-16(22)25-20)27-12-4-5-12/h1-3,6-10,12,26H,4-5H2. The Bertz CT molecular complexity index is 1140. The van der Waals surface area contributed by atoms with Crippen LogP contribution in [0.3, 0.4) is 0 Å². The minimum absolute atomic E-state index is 0.148. The van der Waals surface area contributed by atoms with Gasteiger partial charge in [0.25, 0.3) is 0 Å². The maximum atomic E-state index is 14.3. The van der Waals surface area contributed by atoms with Crippen molar-refractivity contribution in [3.63, 3.8) is 0 Å². The van der Waals surface area contributed by atoms with Crippen LogP contribution in [-0.4, -0.2) is 26.0 Å². The molecule has 0 atom stereocenters. The minimum Gasteiger partial charge on any atom is -0.488 e. The Balaban J connectivity index is 1.82. The van der Waals surface area contributed by atoms with Crippen molar-refractivity contribution in [1.29, 1.82) is 0 Å². The molecule has 1 aliphatic carbocycles. The van der Waals surface area contributed by atoms with E-state index in [0.717, 1.165) is 29.7 Å². The van der Waals surface area contributed by atoms with Crippen LogP contribution in [0.25, 0.3) is 33.5 Å². The Labute approximate surface area is 162 Å². The Kier molecular flexibility index (Phi) is 3.89. The van der Waals surface area contributed by atoms with E-state index in [1.807, 2.05) is 30.3 Å². The monoisotopic (exact) mass is 424 g/mol. The first-order valence-electron chi connectivity index (χ1n) is 8.61. The van der Waals surface area contributed by atoms with Gasteiger partial charge in [-0.3, -0.25) is 4.98 Å². The van der Waals surface area contributed by atoms with Crippen molar-refractivity contribution >= 4 is 27.0 Å². The fourth-order valence-corrected chi connectivity index (χ4v) is 3.46. The highest BCUT2D eigenvalue weighted by molar-refractivity contribution is 9.10. The molecule has 1 fully saturated rings. The molecule has 4 aromatic rings. The summed E-state index contributed by atoms with van der Waals surface area (Å²) in [6.45, 7) is 0. The third-order valence-corrected chi connectivity index (χ3v) is 4.88. The number of aromatic amines is 1. The molecular formula is C20H14BrFN4O. The van der Waals surface area contributed by atoms with Crippen molar-refractivity contribution in [1.82, 2.24) is 19.9 Å². The Morgan fingerprint density at radius 2 is 2.00 bits per heavy atom. The van der Waals surface area contributed by atoms with Gasteiger partial charge in [0.1, 0.15) is 21.4 Å². The van der Waals surface area contributed by atoms with E-state index in [0.29, 0.717) is 27.1 Å². The molecular weight excluding hydrogens is 411 g/mol. The Morgan fingerprint density at radius 3 is 2.74 bits per heavy atom. The van der Waals surface area contributed by atoms with E-state index in [1.54, 1.807) is 12.4 Å². The normalized spacial score (nSPS) is 13.9. The number of fused-ring (bicyclic) bond motifs is 1. The number of nitrogens with zero attached hydrogens (tertiary/aromatic N) is 3. The van der Waals surface area contributed by atoms with Gasteiger partial charge in [-0.25, -0.2) is 9.97 Å². The van der Waals surface area contributed by atoms with Gasteiger partial charge in [0.2, 0.25) is 5.95 Å². The van der Waals surface area contributed by atoms with Gasteiger partial charge < -0.3 is 9.72 Å². The first kappa shape index (κ1) is 16.4. The number of pyridine rings is 3. The highest BCUT2D eigenvalue weighted by atomic mass is 79.9. The molecule has 1 saturated carbocycles. The average molecular weight is 425 g/mol. The van der Waals surface area contributed by atoms with Crippen molar-refractivity contribution in [2.45, 2.75) is 18.9 Å². The predicted octanol–water partition coefficient (Wildman–Crippen LogP) is 5.13. The van der Waals surface area contributed by atoms with Gasteiger partial charge in [0.15, 0.2) is 0 Å². The number of aromatic nitrogens is 4. The Hall–Kier alpha value is -2.80. The first-order valence-corrected chi connectivity index (χ1v) is 9.40. The molecule has 0 aliphatic heterocycles. The molecule has 1 aliphatic rings. The molecule has 0 amide bonds. The second-order valence-corrected chi connectivity index (χ2v) is 7.25. The van der Waals surface area contributed by atoms with E-state index in [2.05, 4.69) is 35.9 Å². The fourth-order valence-electron chi connectivity index (χ4n) is 3.09. The highest BCUT2D eigenvalue weighted by Gasteiger charge is 2.27. The van der Waals surface area contributed by atoms with Crippen LogP contribution < -0.4 is 4.74 Å². The zero-order chi connectivity index (χ0) is 18.4. The van der Waals surface area contributed by atoms with Gasteiger partial charge in [-0.2, -0.15) is 4.39 Å². The van der Waals surface area contributed by atoms with Crippen molar-refractivity contribution < 1.29 is 9.13 Å². The number of halogens is 2. The average Bonchev–Trinajstić information content (AvgIpc) is 3.40. The second-order valence-electron chi connectivity index (χ2n) is 6.44. The predicted molar refractivity (Wildman–Crippen MR) is 104 cm³/mol. The quantitative estimate of drug-likeness (QED) is 0.461. The molecule has 0 saturated heterocycles. The molecule has 0 bridgehead atoms. The van der Waals surface area contributed by atoms with E-state index in [1.165, 1.54) is 6.07 Å². The summed E-state index contributed by atoms with van der Waals surface area (Å²) in [5.74, 6) is -0.0895. The van der Waals surface area contributed by atoms with E-state index >= 15 is 0 Å². The molecule has 0 spiro atoms. The van der Waals surface area contributed by atoms with Gasteiger partial charge in [-0.15, -0.1) is 0 Å². The lowest BCUT2D eigenvalue weighted by molar-refractivity contribution is 0.304. The lowest BCUT2D eigenvalue weighted by Crippen LogP contribution is -1.98. The molecule has 7 heteroatoms. The van der Waals surface area contributed by atoms with Crippen molar-refractivity contribution in [2.24, 2.45) is 0 Å². The summed E-state index contributed by atoms with van der Waals surface area (Å²) in [7, 11) is 0. The fraction of sp³-hybridized carbons (Fsp3) is 0.150. The van der Waals surface area contributed by atoms with Crippen LogP contribution >= 0.6 is 15.9 Å². The zero-order valence-corrected chi connectivity index (χ0v) is 15.7. The van der Waals surface area contributed by atoms with Crippen LogP contribution in [-0.2, 0) is 0 Å². The van der Waals surface area contributed by atoms with E-state index < -0.39 is 5.95 Å². The lowest BCUT2D eigenvalue weighted by Gasteiger charge is -2.06. The van der Waals surface area contributed by atoms with E-state index in [4.69, 9.17) is 4.74 Å². The van der Waals surface area contributed by atoms with Crippen molar-refractivity contribution in [2.75, 3.05) is 0 Å². The number of H-pyrrole nitrogens is 1. The number of hydrogen-bond donors (Lipinski definition) is 1. The van der Waals surface area contributed by atoms with Crippen LogP contribution in [0.15, 0.2) is 53.4 Å². The highest BCUT2D eigenvalue weighted by Crippen LogP contribution is 2.41. The molecule has 1 N–H and O–H groups in total. The minimum atomic E-state index is -0.572. The summed E-state index contributed by atoms with van der Waals surface area (Å²) < 4.78 is 20.9. The first-order chi connectivity index (χ1) is 13.2. The number of ether oxygens (including phenoxy) is 1. The summed E-state index contributed by atoms with van der Waals surface area (Å²) in [6.07, 6.45) is 5.55. The van der Waals surface area contributed by atoms with Crippen LogP contribution in [0.2, 0.25) is 0 Å². The molecule has 4 heterocycles. The zero-order valence-electron chi connectivity index (χ0n) is 14.1. The molecule has 27 heavy (non-hydrogen) atoms. The van der Waals surface area contributed by atoms with Crippen molar-refractivity contribution in [3.05, 3.63) is 59.3 Å². The summed E-state index contributed by atoms with van der Waals surface area (Å²) >= 11 is 3.41. The maximum Gasteiger partial charge on any atom is 0.217 e. The molecule has 0 aromatic carbocycles. The SMILES string of the molecule is Fc1cc(OC2CC2)c2[nH]c(-c3ccnc(Br)c3)c(-c3ccccn3)c2n1. The topological polar surface area (TPSA) is 63.7 Å². The summed E-state index contributed by atoms with van der Waals surface area (Å²) in [5, 5.41) is 0. The van der Waals surface area contributed by atoms with Gasteiger partial charge >= 0.3 is 0 Å². The maximum absolute atomic E-state index is 14.3. The van der Waals surface area contributed by atoms with Crippen LogP contribution in [0, 0.1) is 5.95 Å². The third-order valence-electron chi connectivity index (χ3n) is 4.44. The largest absolute Gasteiger partial charge is 0.488 e. The van der Waals surface area contributed by atoms with Gasteiger partial charge in [0.05, 0.1) is 23.1 Å². The van der Waals surface area contributed by atoms with Gasteiger partial charge in [-0.1, -0.05) is 6.07 Å². The summed E-state index contributed by atoms with van der Waals surface area (Å²) in [6, 6.07) is 10.8. The summed E-state index contributed by atoms with van der Waals surface area (Å²) in [5.41, 5.74) is 4.32. The van der Waals surface area contributed by atoms with Crippen LogP contribution in [0.5, 0.6) is 5.75 Å². The molecule has 0 unspecified atom stereocenters. The molecule has 5 rings (SSSR count). The smallest absolute Gasteiger partial charge is 0.217 e. The Morgan fingerprint density at radius 1 is 1.11 bits per heavy atom. The third kappa shape index (κ3) is 3.08. The number of hydrogen-bond acceptors (Lipinski definition) is 4.